The van der Waals surface area contributed by atoms with Gasteiger partial charge >= 0.3 is 5.97 Å². The summed E-state index contributed by atoms with van der Waals surface area (Å²) in [6.07, 6.45) is 0.502. The van der Waals surface area contributed by atoms with Crippen molar-refractivity contribution in [3.63, 3.8) is 0 Å². The standard InChI is InChI=1S/C13H26N2O3/c1-8(2)7-10(12(17)18)14-9(3)11(16)15-13(4,5)6/h8-10,14H,7H2,1-6H3,(H,15,16)(H,17,18). The molecule has 2 atom stereocenters. The van der Waals surface area contributed by atoms with Crippen LogP contribution in [0.3, 0.4) is 0 Å². The maximum absolute atomic E-state index is 11.8. The average Bonchev–Trinajstić information content (AvgIpc) is 2.12. The summed E-state index contributed by atoms with van der Waals surface area (Å²) in [5, 5.41) is 14.8. The lowest BCUT2D eigenvalue weighted by atomic mass is 10.0. The van der Waals surface area contributed by atoms with Crippen molar-refractivity contribution < 1.29 is 14.7 Å². The van der Waals surface area contributed by atoms with E-state index in [9.17, 15) is 9.59 Å². The van der Waals surface area contributed by atoms with Gasteiger partial charge in [-0.05, 0) is 40.0 Å². The van der Waals surface area contributed by atoms with Gasteiger partial charge in [-0.15, -0.1) is 0 Å². The molecular formula is C13H26N2O3. The van der Waals surface area contributed by atoms with Crippen molar-refractivity contribution >= 4 is 11.9 Å². The highest BCUT2D eigenvalue weighted by Gasteiger charge is 2.25. The first kappa shape index (κ1) is 16.9. The molecule has 0 aliphatic carbocycles. The van der Waals surface area contributed by atoms with Crippen molar-refractivity contribution in [1.29, 1.82) is 0 Å². The van der Waals surface area contributed by atoms with E-state index in [1.54, 1.807) is 6.92 Å². The molecule has 0 aliphatic rings. The molecule has 18 heavy (non-hydrogen) atoms. The highest BCUT2D eigenvalue weighted by molar-refractivity contribution is 5.83. The van der Waals surface area contributed by atoms with Crippen molar-refractivity contribution in [3.05, 3.63) is 0 Å². The van der Waals surface area contributed by atoms with Crippen LogP contribution >= 0.6 is 0 Å². The molecule has 0 aromatic rings. The smallest absolute Gasteiger partial charge is 0.320 e. The van der Waals surface area contributed by atoms with Gasteiger partial charge in [0.1, 0.15) is 6.04 Å². The summed E-state index contributed by atoms with van der Waals surface area (Å²) in [7, 11) is 0. The second kappa shape index (κ2) is 6.73. The van der Waals surface area contributed by atoms with Crippen LogP contribution < -0.4 is 10.6 Å². The fourth-order valence-electron chi connectivity index (χ4n) is 1.57. The molecule has 3 N–H and O–H groups in total. The number of aliphatic carboxylic acids is 1. The summed E-state index contributed by atoms with van der Waals surface area (Å²) in [6.45, 7) is 11.3. The first-order valence-corrected chi connectivity index (χ1v) is 6.34. The number of nitrogens with one attached hydrogen (secondary N) is 2. The van der Waals surface area contributed by atoms with Crippen LogP contribution in [0.15, 0.2) is 0 Å². The van der Waals surface area contributed by atoms with Crippen LogP contribution in [-0.2, 0) is 9.59 Å². The van der Waals surface area contributed by atoms with Gasteiger partial charge in [0.15, 0.2) is 0 Å². The van der Waals surface area contributed by atoms with Crippen LogP contribution in [0.4, 0.5) is 0 Å². The van der Waals surface area contributed by atoms with Gasteiger partial charge in [-0.2, -0.15) is 0 Å². The molecule has 0 radical (unpaired) electrons. The van der Waals surface area contributed by atoms with Crippen LogP contribution in [0.5, 0.6) is 0 Å². The van der Waals surface area contributed by atoms with E-state index < -0.39 is 18.1 Å². The Labute approximate surface area is 109 Å². The van der Waals surface area contributed by atoms with Gasteiger partial charge < -0.3 is 10.4 Å². The Morgan fingerprint density at radius 1 is 1.17 bits per heavy atom. The third-order valence-electron chi connectivity index (χ3n) is 2.35. The lowest BCUT2D eigenvalue weighted by molar-refractivity contribution is -0.140. The first-order chi connectivity index (χ1) is 8.03. The molecule has 0 saturated heterocycles. The van der Waals surface area contributed by atoms with Crippen molar-refractivity contribution in [2.24, 2.45) is 5.92 Å². The summed E-state index contributed by atoms with van der Waals surface area (Å²) in [4.78, 5) is 22.9. The highest BCUT2D eigenvalue weighted by Crippen LogP contribution is 2.06. The van der Waals surface area contributed by atoms with Gasteiger partial charge in [0.2, 0.25) is 5.91 Å². The van der Waals surface area contributed by atoms with Crippen LogP contribution in [0.2, 0.25) is 0 Å². The quantitative estimate of drug-likeness (QED) is 0.672. The lowest BCUT2D eigenvalue weighted by Crippen LogP contribution is -2.53. The number of carboxylic acids is 1. The Morgan fingerprint density at radius 3 is 2.00 bits per heavy atom. The minimum atomic E-state index is -0.917. The first-order valence-electron chi connectivity index (χ1n) is 6.34. The zero-order valence-corrected chi connectivity index (χ0v) is 12.2. The van der Waals surface area contributed by atoms with E-state index in [0.717, 1.165) is 0 Å². The Hall–Kier alpha value is -1.10. The molecule has 0 fully saturated rings. The van der Waals surface area contributed by atoms with Crippen LogP contribution in [0.1, 0.15) is 48.0 Å². The Kier molecular flexibility index (Phi) is 6.32. The number of rotatable bonds is 6. The topological polar surface area (TPSA) is 78.4 Å². The van der Waals surface area contributed by atoms with Crippen molar-refractivity contribution in [3.8, 4) is 0 Å². The number of carbonyl (C=O) groups excluding carboxylic acids is 1. The van der Waals surface area contributed by atoms with Gasteiger partial charge in [0.05, 0.1) is 6.04 Å². The van der Waals surface area contributed by atoms with Crippen LogP contribution in [0, 0.1) is 5.92 Å². The predicted molar refractivity (Wildman–Crippen MR) is 71.4 cm³/mol. The van der Waals surface area contributed by atoms with Gasteiger partial charge in [-0.25, -0.2) is 0 Å². The molecule has 0 aromatic heterocycles. The molecule has 2 unspecified atom stereocenters. The molecule has 0 aromatic carbocycles. The summed E-state index contributed by atoms with van der Waals surface area (Å²) in [6, 6.07) is -1.21. The molecule has 5 heteroatoms. The molecule has 0 rings (SSSR count). The second-order valence-electron chi connectivity index (χ2n) is 6.15. The van der Waals surface area contributed by atoms with E-state index in [1.807, 2.05) is 34.6 Å². The van der Waals surface area contributed by atoms with Gasteiger partial charge in [-0.1, -0.05) is 13.8 Å². The van der Waals surface area contributed by atoms with E-state index in [2.05, 4.69) is 10.6 Å². The maximum atomic E-state index is 11.8. The van der Waals surface area contributed by atoms with E-state index in [0.29, 0.717) is 6.42 Å². The average molecular weight is 258 g/mol. The van der Waals surface area contributed by atoms with Gasteiger partial charge in [0, 0.05) is 5.54 Å². The zero-order chi connectivity index (χ0) is 14.5. The van der Waals surface area contributed by atoms with Gasteiger partial charge in [-0.3, -0.25) is 14.9 Å². The Bertz CT molecular complexity index is 295. The number of carbonyl (C=O) groups is 2. The zero-order valence-electron chi connectivity index (χ0n) is 12.2. The number of amides is 1. The van der Waals surface area contributed by atoms with E-state index in [-0.39, 0.29) is 17.4 Å². The summed E-state index contributed by atoms with van der Waals surface area (Å²) < 4.78 is 0. The van der Waals surface area contributed by atoms with Crippen molar-refractivity contribution in [2.75, 3.05) is 0 Å². The fourth-order valence-corrected chi connectivity index (χ4v) is 1.57. The molecule has 0 heterocycles. The van der Waals surface area contributed by atoms with E-state index >= 15 is 0 Å². The summed E-state index contributed by atoms with van der Waals surface area (Å²) in [5.41, 5.74) is -0.316. The molecule has 5 nitrogen and oxygen atoms in total. The molecule has 106 valence electrons. The summed E-state index contributed by atoms with van der Waals surface area (Å²) >= 11 is 0. The number of hydrogen-bond donors (Lipinski definition) is 3. The van der Waals surface area contributed by atoms with Gasteiger partial charge in [0.25, 0.3) is 0 Å². The van der Waals surface area contributed by atoms with Crippen LogP contribution in [-0.4, -0.2) is 34.6 Å². The van der Waals surface area contributed by atoms with Crippen LogP contribution in [0.25, 0.3) is 0 Å². The number of carboxylic acid groups (broad SMARTS) is 1. The van der Waals surface area contributed by atoms with Crippen molar-refractivity contribution in [2.45, 2.75) is 65.6 Å². The predicted octanol–water partition coefficient (Wildman–Crippen LogP) is 1.38. The molecule has 0 aliphatic heterocycles. The van der Waals surface area contributed by atoms with Crippen molar-refractivity contribution in [1.82, 2.24) is 10.6 Å². The SMILES string of the molecule is CC(C)CC(NC(C)C(=O)NC(C)(C)C)C(=O)O. The fraction of sp³-hybridized carbons (Fsp3) is 0.846. The molecule has 1 amide bonds. The Balaban J connectivity index is 4.46. The summed E-state index contributed by atoms with van der Waals surface area (Å²) in [5.74, 6) is -0.840. The second-order valence-corrected chi connectivity index (χ2v) is 6.15. The maximum Gasteiger partial charge on any atom is 0.320 e. The molecule has 0 bridgehead atoms. The minimum absolute atomic E-state index is 0.183. The normalized spacial score (nSPS) is 15.3. The largest absolute Gasteiger partial charge is 0.480 e. The van der Waals surface area contributed by atoms with E-state index in [1.165, 1.54) is 0 Å². The van der Waals surface area contributed by atoms with E-state index in [4.69, 9.17) is 5.11 Å². The molecule has 0 spiro atoms. The Morgan fingerprint density at radius 2 is 1.67 bits per heavy atom. The molecule has 0 saturated carbocycles. The monoisotopic (exact) mass is 258 g/mol. The molecular weight excluding hydrogens is 232 g/mol. The number of hydrogen-bond acceptors (Lipinski definition) is 3. The highest BCUT2D eigenvalue weighted by atomic mass is 16.4. The lowest BCUT2D eigenvalue weighted by Gasteiger charge is -2.26. The minimum Gasteiger partial charge on any atom is -0.480 e. The third-order valence-corrected chi connectivity index (χ3v) is 2.35. The third kappa shape index (κ3) is 7.27.